The lowest BCUT2D eigenvalue weighted by Gasteiger charge is -2.24. The van der Waals surface area contributed by atoms with Crippen LogP contribution in [-0.2, 0) is 0 Å². The van der Waals surface area contributed by atoms with Gasteiger partial charge in [-0.15, -0.1) is 0 Å². The molecule has 0 radical (unpaired) electrons. The summed E-state index contributed by atoms with van der Waals surface area (Å²) in [6, 6.07) is 12.9. The Morgan fingerprint density at radius 2 is 1.92 bits per heavy atom. The molecule has 0 aliphatic heterocycles. The smallest absolute Gasteiger partial charge is 0.170 e. The van der Waals surface area contributed by atoms with Gasteiger partial charge < -0.3 is 15.5 Å². The van der Waals surface area contributed by atoms with E-state index in [1.807, 2.05) is 0 Å². The Kier molecular flexibility index (Phi) is 6.82. The van der Waals surface area contributed by atoms with E-state index in [0.717, 1.165) is 13.1 Å². The SMILES string of the molecule is CCN(CCNC(=S)Nc1ccc(F)c(Cl)c1)c1ccc(C)cc1. The molecule has 0 heterocycles. The molecule has 0 aromatic heterocycles. The molecule has 0 amide bonds. The van der Waals surface area contributed by atoms with Gasteiger partial charge in [0.05, 0.1) is 5.02 Å². The number of aryl methyl sites for hydroxylation is 1. The van der Waals surface area contributed by atoms with Gasteiger partial charge in [-0.2, -0.15) is 0 Å². The second kappa shape index (κ2) is 8.85. The average Bonchev–Trinajstić information content (AvgIpc) is 2.56. The van der Waals surface area contributed by atoms with Crippen molar-refractivity contribution in [1.29, 1.82) is 0 Å². The van der Waals surface area contributed by atoms with Gasteiger partial charge in [0.1, 0.15) is 5.82 Å². The van der Waals surface area contributed by atoms with Crippen molar-refractivity contribution in [3.05, 3.63) is 58.9 Å². The summed E-state index contributed by atoms with van der Waals surface area (Å²) in [5, 5.41) is 6.71. The summed E-state index contributed by atoms with van der Waals surface area (Å²) in [5.74, 6) is -0.447. The first kappa shape index (κ1) is 18.5. The van der Waals surface area contributed by atoms with Crippen LogP contribution in [0.15, 0.2) is 42.5 Å². The number of halogens is 2. The largest absolute Gasteiger partial charge is 0.370 e. The fourth-order valence-corrected chi connectivity index (χ4v) is 2.68. The highest BCUT2D eigenvalue weighted by atomic mass is 35.5. The van der Waals surface area contributed by atoms with Crippen LogP contribution in [0.5, 0.6) is 0 Å². The lowest BCUT2D eigenvalue weighted by atomic mass is 10.2. The molecule has 2 N–H and O–H groups in total. The number of nitrogens with zero attached hydrogens (tertiary/aromatic N) is 1. The van der Waals surface area contributed by atoms with E-state index >= 15 is 0 Å². The average molecular weight is 366 g/mol. The molecule has 0 atom stereocenters. The lowest BCUT2D eigenvalue weighted by Crippen LogP contribution is -2.36. The molecule has 2 aromatic rings. The minimum absolute atomic E-state index is 0.0688. The van der Waals surface area contributed by atoms with Crippen LogP contribution < -0.4 is 15.5 Å². The molecular formula is C18H21ClFN3S. The third-order valence-corrected chi connectivity index (χ3v) is 4.16. The summed E-state index contributed by atoms with van der Waals surface area (Å²) >= 11 is 11.0. The predicted molar refractivity (Wildman–Crippen MR) is 105 cm³/mol. The van der Waals surface area contributed by atoms with Crippen LogP contribution in [0.2, 0.25) is 5.02 Å². The van der Waals surface area contributed by atoms with E-state index in [0.29, 0.717) is 17.3 Å². The Labute approximate surface area is 152 Å². The van der Waals surface area contributed by atoms with Gasteiger partial charge in [-0.1, -0.05) is 29.3 Å². The minimum atomic E-state index is -0.447. The van der Waals surface area contributed by atoms with E-state index in [-0.39, 0.29) is 5.02 Å². The first-order valence-corrected chi connectivity index (χ1v) is 8.59. The Hall–Kier alpha value is -1.85. The molecule has 0 fully saturated rings. The predicted octanol–water partition coefficient (Wildman–Crippen LogP) is 4.60. The molecule has 0 spiro atoms. The van der Waals surface area contributed by atoms with E-state index < -0.39 is 5.82 Å². The molecule has 24 heavy (non-hydrogen) atoms. The lowest BCUT2D eigenvalue weighted by molar-refractivity contribution is 0.628. The summed E-state index contributed by atoms with van der Waals surface area (Å²) in [5.41, 5.74) is 3.09. The third kappa shape index (κ3) is 5.35. The topological polar surface area (TPSA) is 27.3 Å². The van der Waals surface area contributed by atoms with Crippen LogP contribution in [0.1, 0.15) is 12.5 Å². The molecule has 0 aliphatic rings. The molecule has 0 saturated heterocycles. The van der Waals surface area contributed by atoms with Crippen LogP contribution in [0.25, 0.3) is 0 Å². The fraction of sp³-hybridized carbons (Fsp3) is 0.278. The van der Waals surface area contributed by atoms with E-state index in [1.54, 1.807) is 6.07 Å². The van der Waals surface area contributed by atoms with Crippen molar-refractivity contribution < 1.29 is 4.39 Å². The number of benzene rings is 2. The third-order valence-electron chi connectivity index (χ3n) is 3.63. The van der Waals surface area contributed by atoms with Gasteiger partial charge in [0.25, 0.3) is 0 Å². The van der Waals surface area contributed by atoms with Crippen molar-refractivity contribution in [3.63, 3.8) is 0 Å². The maximum atomic E-state index is 13.1. The molecule has 0 saturated carbocycles. The zero-order valence-corrected chi connectivity index (χ0v) is 15.3. The van der Waals surface area contributed by atoms with Crippen LogP contribution >= 0.6 is 23.8 Å². The molecule has 128 valence electrons. The molecule has 0 unspecified atom stereocenters. The number of anilines is 2. The standard InChI is InChI=1S/C18H21ClFN3S/c1-3-23(15-7-4-13(2)5-8-15)11-10-21-18(24)22-14-6-9-17(20)16(19)12-14/h4-9,12H,3,10-11H2,1-2H3,(H2,21,22,24). The van der Waals surface area contributed by atoms with Gasteiger partial charge in [-0.25, -0.2) is 4.39 Å². The number of hydrogen-bond acceptors (Lipinski definition) is 2. The summed E-state index contributed by atoms with van der Waals surface area (Å²) in [7, 11) is 0. The normalized spacial score (nSPS) is 10.3. The molecular weight excluding hydrogens is 345 g/mol. The molecule has 0 bridgehead atoms. The number of nitrogens with one attached hydrogen (secondary N) is 2. The second-order valence-corrected chi connectivity index (χ2v) is 6.24. The fourth-order valence-electron chi connectivity index (χ4n) is 2.28. The quantitative estimate of drug-likeness (QED) is 0.731. The van der Waals surface area contributed by atoms with E-state index in [4.69, 9.17) is 23.8 Å². The van der Waals surface area contributed by atoms with E-state index in [1.165, 1.54) is 23.4 Å². The van der Waals surface area contributed by atoms with Crippen LogP contribution in [0.4, 0.5) is 15.8 Å². The van der Waals surface area contributed by atoms with Crippen molar-refractivity contribution in [3.8, 4) is 0 Å². The van der Waals surface area contributed by atoms with E-state index in [9.17, 15) is 4.39 Å². The number of hydrogen-bond donors (Lipinski definition) is 2. The maximum Gasteiger partial charge on any atom is 0.170 e. The number of likely N-dealkylation sites (N-methyl/N-ethyl adjacent to an activating group) is 1. The van der Waals surface area contributed by atoms with Crippen molar-refractivity contribution in [2.45, 2.75) is 13.8 Å². The zero-order chi connectivity index (χ0) is 17.5. The Bertz CT molecular complexity index is 691. The molecule has 2 rings (SSSR count). The summed E-state index contributed by atoms with van der Waals surface area (Å²) < 4.78 is 13.1. The van der Waals surface area contributed by atoms with Crippen LogP contribution in [0, 0.1) is 12.7 Å². The van der Waals surface area contributed by atoms with Crippen molar-refractivity contribution in [2.75, 3.05) is 29.9 Å². The monoisotopic (exact) mass is 365 g/mol. The highest BCUT2D eigenvalue weighted by Crippen LogP contribution is 2.19. The number of thiocarbonyl (C=S) groups is 1. The van der Waals surface area contributed by atoms with Gasteiger partial charge in [-0.3, -0.25) is 0 Å². The first-order valence-electron chi connectivity index (χ1n) is 7.81. The highest BCUT2D eigenvalue weighted by molar-refractivity contribution is 7.80. The van der Waals surface area contributed by atoms with Gasteiger partial charge in [0, 0.05) is 31.0 Å². The van der Waals surface area contributed by atoms with Crippen molar-refractivity contribution in [2.24, 2.45) is 0 Å². The summed E-state index contributed by atoms with van der Waals surface area (Å²) in [6.07, 6.45) is 0. The van der Waals surface area contributed by atoms with Gasteiger partial charge in [-0.05, 0) is 56.4 Å². The minimum Gasteiger partial charge on any atom is -0.370 e. The molecule has 0 aliphatic carbocycles. The number of rotatable bonds is 6. The second-order valence-electron chi connectivity index (χ2n) is 5.43. The van der Waals surface area contributed by atoms with Crippen molar-refractivity contribution in [1.82, 2.24) is 5.32 Å². The van der Waals surface area contributed by atoms with Crippen molar-refractivity contribution >= 4 is 40.3 Å². The summed E-state index contributed by atoms with van der Waals surface area (Å²) in [4.78, 5) is 2.27. The van der Waals surface area contributed by atoms with Gasteiger partial charge >= 0.3 is 0 Å². The molecule has 3 nitrogen and oxygen atoms in total. The van der Waals surface area contributed by atoms with Crippen LogP contribution in [-0.4, -0.2) is 24.7 Å². The van der Waals surface area contributed by atoms with Gasteiger partial charge in [0.2, 0.25) is 0 Å². The Morgan fingerprint density at radius 1 is 1.21 bits per heavy atom. The van der Waals surface area contributed by atoms with Gasteiger partial charge in [0.15, 0.2) is 5.11 Å². The Balaban J connectivity index is 1.82. The highest BCUT2D eigenvalue weighted by Gasteiger charge is 2.05. The molecule has 6 heteroatoms. The molecule has 2 aromatic carbocycles. The first-order chi connectivity index (χ1) is 11.5. The van der Waals surface area contributed by atoms with Crippen LogP contribution in [0.3, 0.4) is 0 Å². The maximum absolute atomic E-state index is 13.1. The summed E-state index contributed by atoms with van der Waals surface area (Å²) in [6.45, 7) is 6.64. The zero-order valence-electron chi connectivity index (χ0n) is 13.8. The van der Waals surface area contributed by atoms with E-state index in [2.05, 4.69) is 53.6 Å². The Morgan fingerprint density at radius 3 is 2.54 bits per heavy atom.